The van der Waals surface area contributed by atoms with E-state index in [0.29, 0.717) is 25.2 Å². The summed E-state index contributed by atoms with van der Waals surface area (Å²) >= 11 is 1.73. The van der Waals surface area contributed by atoms with Crippen molar-refractivity contribution in [2.24, 2.45) is 5.10 Å². The van der Waals surface area contributed by atoms with Crippen molar-refractivity contribution >= 4 is 35.2 Å². The molecule has 0 aliphatic carbocycles. The van der Waals surface area contributed by atoms with Crippen molar-refractivity contribution in [3.05, 3.63) is 96.6 Å². The van der Waals surface area contributed by atoms with Gasteiger partial charge in [0.25, 0.3) is 0 Å². The molecule has 3 aromatic carbocycles. The Bertz CT molecular complexity index is 1740. The summed E-state index contributed by atoms with van der Waals surface area (Å²) in [5, 5.41) is 20.8. The smallest absolute Gasteiger partial charge is 0.137 e. The molecule has 13 heteroatoms. The molecule has 1 aromatic heterocycles. The van der Waals surface area contributed by atoms with Gasteiger partial charge in [0.15, 0.2) is 0 Å². The lowest BCUT2D eigenvalue weighted by atomic mass is 9.90. The van der Waals surface area contributed by atoms with Gasteiger partial charge in [-0.05, 0) is 80.8 Å². The number of hydrazone groups is 1. The van der Waals surface area contributed by atoms with Crippen LogP contribution in [0.5, 0.6) is 0 Å². The second-order valence-electron chi connectivity index (χ2n) is 13.3. The molecule has 10 nitrogen and oxygen atoms in total. The number of halogens is 2. The van der Waals surface area contributed by atoms with Gasteiger partial charge in [-0.3, -0.25) is 5.01 Å². The summed E-state index contributed by atoms with van der Waals surface area (Å²) in [6.45, 7) is 8.58. The van der Waals surface area contributed by atoms with E-state index >= 15 is 0 Å². The van der Waals surface area contributed by atoms with Gasteiger partial charge < -0.3 is 24.5 Å². The standard InChI is InChI=1S/C37H44F2N8O2S/c1-3-36(27(2)48)47-26-45(25-42-47)31-7-5-29(6-8-31)43-16-18-44(19-17-43)30-9-11-33(12-10-30)50-21-32-14-15-37(49-32,22-46-24-40-23-41-46)34-13-4-28(38)20-35(34)39/h4-13,20,23-25,27,32,36,48H,3,14-19,21-22,26H2,1-2H3. The minimum atomic E-state index is -0.937. The van der Waals surface area contributed by atoms with Crippen molar-refractivity contribution in [3.63, 3.8) is 0 Å². The quantitative estimate of drug-likeness (QED) is 0.181. The summed E-state index contributed by atoms with van der Waals surface area (Å²) in [6, 6.07) is 21.1. The summed E-state index contributed by atoms with van der Waals surface area (Å²) in [6.07, 6.45) is 6.56. The maximum Gasteiger partial charge on any atom is 0.137 e. The topological polar surface area (TPSA) is 85.5 Å². The number of rotatable bonds is 12. The van der Waals surface area contributed by atoms with Crippen molar-refractivity contribution in [2.75, 3.05) is 53.3 Å². The van der Waals surface area contributed by atoms with Gasteiger partial charge >= 0.3 is 0 Å². The molecule has 2 saturated heterocycles. The second-order valence-corrected chi connectivity index (χ2v) is 14.4. The monoisotopic (exact) mass is 702 g/mol. The minimum Gasteiger partial charge on any atom is -0.391 e. The predicted octanol–water partition coefficient (Wildman–Crippen LogP) is 5.93. The number of nitrogens with zero attached hydrogens (tertiary/aromatic N) is 8. The highest BCUT2D eigenvalue weighted by Crippen LogP contribution is 2.43. The van der Waals surface area contributed by atoms with Crippen LogP contribution in [0.3, 0.4) is 0 Å². The fourth-order valence-electron chi connectivity index (χ4n) is 7.30. The van der Waals surface area contributed by atoms with E-state index in [1.165, 1.54) is 29.8 Å². The van der Waals surface area contributed by atoms with Gasteiger partial charge in [0.05, 0.1) is 24.8 Å². The molecular weight excluding hydrogens is 659 g/mol. The number of aliphatic hydroxyl groups excluding tert-OH is 1. The molecule has 2 fully saturated rings. The number of ether oxygens (including phenoxy) is 1. The van der Waals surface area contributed by atoms with Crippen LogP contribution in [-0.2, 0) is 16.9 Å². The van der Waals surface area contributed by atoms with E-state index in [9.17, 15) is 13.9 Å². The van der Waals surface area contributed by atoms with E-state index in [-0.39, 0.29) is 12.1 Å². The first kappa shape index (κ1) is 34.3. The Morgan fingerprint density at radius 2 is 1.64 bits per heavy atom. The average molecular weight is 703 g/mol. The van der Waals surface area contributed by atoms with E-state index in [1.807, 2.05) is 18.3 Å². The van der Waals surface area contributed by atoms with E-state index < -0.39 is 23.3 Å². The number of aromatic nitrogens is 3. The van der Waals surface area contributed by atoms with Crippen molar-refractivity contribution in [1.82, 2.24) is 19.8 Å². The largest absolute Gasteiger partial charge is 0.391 e. The third-order valence-electron chi connectivity index (χ3n) is 10.0. The third-order valence-corrected chi connectivity index (χ3v) is 11.2. The first-order chi connectivity index (χ1) is 24.3. The Balaban J connectivity index is 0.899. The Hall–Kier alpha value is -4.20. The Labute approximate surface area is 296 Å². The lowest BCUT2D eigenvalue weighted by molar-refractivity contribution is -0.0530. The lowest BCUT2D eigenvalue weighted by Crippen LogP contribution is -2.46. The zero-order valence-electron chi connectivity index (χ0n) is 28.5. The van der Waals surface area contributed by atoms with Crippen LogP contribution >= 0.6 is 11.8 Å². The number of hydrogen-bond donors (Lipinski definition) is 1. The molecule has 4 heterocycles. The Morgan fingerprint density at radius 1 is 0.960 bits per heavy atom. The molecular formula is C37H44F2N8O2S. The average Bonchev–Trinajstić information content (AvgIpc) is 3.91. The normalized spacial score (nSPS) is 22.1. The zero-order chi connectivity index (χ0) is 34.7. The summed E-state index contributed by atoms with van der Waals surface area (Å²) in [4.78, 5) is 12.1. The summed E-state index contributed by atoms with van der Waals surface area (Å²) < 4.78 is 36.9. The molecule has 0 spiro atoms. The van der Waals surface area contributed by atoms with E-state index in [0.717, 1.165) is 61.4 Å². The summed E-state index contributed by atoms with van der Waals surface area (Å²) in [7, 11) is 0. The molecule has 3 aliphatic rings. The van der Waals surface area contributed by atoms with E-state index in [2.05, 4.69) is 85.3 Å². The minimum absolute atomic E-state index is 0.00904. The van der Waals surface area contributed by atoms with Crippen LogP contribution < -0.4 is 14.7 Å². The van der Waals surface area contributed by atoms with Gasteiger partial charge in [-0.25, -0.2) is 18.4 Å². The highest BCUT2D eigenvalue weighted by molar-refractivity contribution is 7.99. The first-order valence-corrected chi connectivity index (χ1v) is 18.3. The zero-order valence-corrected chi connectivity index (χ0v) is 29.3. The fourth-order valence-corrected chi connectivity index (χ4v) is 8.24. The van der Waals surface area contributed by atoms with Crippen molar-refractivity contribution in [1.29, 1.82) is 0 Å². The summed E-state index contributed by atoms with van der Waals surface area (Å²) in [5.41, 5.74) is 2.93. The predicted molar refractivity (Wildman–Crippen MR) is 194 cm³/mol. The van der Waals surface area contributed by atoms with Crippen LogP contribution in [0.1, 0.15) is 38.7 Å². The number of hydrogen-bond acceptors (Lipinski definition) is 10. The summed E-state index contributed by atoms with van der Waals surface area (Å²) in [5.74, 6) is -0.486. The second kappa shape index (κ2) is 15.0. The number of aliphatic hydroxyl groups is 1. The molecule has 4 atom stereocenters. The van der Waals surface area contributed by atoms with Gasteiger partial charge in [-0.15, -0.1) is 11.8 Å². The molecule has 1 N–H and O–H groups in total. The lowest BCUT2D eigenvalue weighted by Gasteiger charge is -2.37. The van der Waals surface area contributed by atoms with Crippen LogP contribution in [0, 0.1) is 11.6 Å². The SMILES string of the molecule is CCC(C(C)O)N1CN(c2ccc(N3CCN(c4ccc(SCC5CCC(Cn6cncn6)(c6ccc(F)cc6F)O5)cc4)CC3)cc2)C=N1. The molecule has 264 valence electrons. The number of anilines is 3. The Kier molecular flexibility index (Phi) is 10.2. The van der Waals surface area contributed by atoms with E-state index in [4.69, 9.17) is 4.74 Å². The molecule has 4 aromatic rings. The number of benzene rings is 3. The number of piperazine rings is 1. The molecule has 0 radical (unpaired) electrons. The molecule has 50 heavy (non-hydrogen) atoms. The van der Waals surface area contributed by atoms with Crippen LogP contribution in [0.2, 0.25) is 0 Å². The van der Waals surface area contributed by atoms with E-state index in [1.54, 1.807) is 22.8 Å². The van der Waals surface area contributed by atoms with Gasteiger partial charge in [0.1, 0.15) is 42.9 Å². The van der Waals surface area contributed by atoms with Crippen LogP contribution in [-0.4, -0.2) is 88.1 Å². The van der Waals surface area contributed by atoms with Gasteiger partial charge in [-0.1, -0.05) is 13.0 Å². The third kappa shape index (κ3) is 7.45. The molecule has 0 amide bonds. The maximum atomic E-state index is 15.0. The van der Waals surface area contributed by atoms with Crippen molar-refractivity contribution in [2.45, 2.75) is 68.4 Å². The Morgan fingerprint density at radius 3 is 2.26 bits per heavy atom. The van der Waals surface area contributed by atoms with Gasteiger partial charge in [0, 0.05) is 65.5 Å². The van der Waals surface area contributed by atoms with Crippen LogP contribution in [0.25, 0.3) is 0 Å². The molecule has 7 rings (SSSR count). The highest BCUT2D eigenvalue weighted by Gasteiger charge is 2.44. The van der Waals surface area contributed by atoms with Crippen molar-refractivity contribution in [3.8, 4) is 0 Å². The maximum absolute atomic E-state index is 15.0. The fraction of sp³-hybridized carbons (Fsp3) is 0.432. The van der Waals surface area contributed by atoms with Crippen LogP contribution in [0.15, 0.2) is 89.4 Å². The van der Waals surface area contributed by atoms with Gasteiger partial charge in [0.2, 0.25) is 0 Å². The van der Waals surface area contributed by atoms with Crippen LogP contribution in [0.4, 0.5) is 25.8 Å². The first-order valence-electron chi connectivity index (χ1n) is 17.3. The molecule has 3 aliphatic heterocycles. The highest BCUT2D eigenvalue weighted by atomic mass is 32.2. The molecule has 4 unspecified atom stereocenters. The van der Waals surface area contributed by atoms with Crippen molar-refractivity contribution < 1.29 is 18.6 Å². The number of thioether (sulfide) groups is 1. The van der Waals surface area contributed by atoms with Gasteiger partial charge in [-0.2, -0.15) is 10.2 Å². The molecule has 0 bridgehead atoms. The molecule has 0 saturated carbocycles.